The highest BCUT2D eigenvalue weighted by Crippen LogP contribution is 2.34. The number of carbonyl (C=O) groups excluding carboxylic acids is 1. The molecule has 6 nitrogen and oxygen atoms in total. The number of hydrogen-bond acceptors (Lipinski definition) is 4. The molecule has 0 atom stereocenters. The first-order valence-electron chi connectivity index (χ1n) is 8.42. The molecule has 0 radical (unpaired) electrons. The molecule has 2 aromatic carbocycles. The average Bonchev–Trinajstić information content (AvgIpc) is 3.21. The highest BCUT2D eigenvalue weighted by atomic mass is 16.7. The van der Waals surface area contributed by atoms with Crippen LogP contribution in [0.1, 0.15) is 17.0 Å². The molecule has 3 aromatic rings. The van der Waals surface area contributed by atoms with Gasteiger partial charge < -0.3 is 14.8 Å². The van der Waals surface area contributed by atoms with E-state index in [-0.39, 0.29) is 19.1 Å². The predicted molar refractivity (Wildman–Crippen MR) is 97.9 cm³/mol. The topological polar surface area (TPSA) is 65.4 Å². The Morgan fingerprint density at radius 2 is 1.88 bits per heavy atom. The molecule has 0 unspecified atom stereocenters. The maximum Gasteiger partial charge on any atom is 0.231 e. The van der Waals surface area contributed by atoms with E-state index in [4.69, 9.17) is 9.47 Å². The SMILES string of the molecule is Cc1nn(-c2ccccc2)c(C)c1CC(=O)Nc1ccc2c(c1)OCO2. The standard InChI is InChI=1S/C20H19N3O3/c1-13-17(14(2)23(22-13)16-6-4-3-5-7-16)11-20(24)21-15-8-9-18-19(10-15)26-12-25-18/h3-10H,11-12H2,1-2H3,(H,21,24). The Morgan fingerprint density at radius 3 is 2.69 bits per heavy atom. The van der Waals surface area contributed by atoms with Gasteiger partial charge in [-0.1, -0.05) is 18.2 Å². The van der Waals surface area contributed by atoms with Gasteiger partial charge in [0.15, 0.2) is 11.5 Å². The molecule has 0 aliphatic carbocycles. The molecule has 0 saturated carbocycles. The van der Waals surface area contributed by atoms with E-state index in [1.54, 1.807) is 18.2 Å². The summed E-state index contributed by atoms with van der Waals surface area (Å²) in [5, 5.41) is 7.50. The summed E-state index contributed by atoms with van der Waals surface area (Å²) >= 11 is 0. The first kappa shape index (κ1) is 16.2. The smallest absolute Gasteiger partial charge is 0.231 e. The van der Waals surface area contributed by atoms with E-state index < -0.39 is 0 Å². The van der Waals surface area contributed by atoms with Crippen LogP contribution in [0.15, 0.2) is 48.5 Å². The maximum atomic E-state index is 12.5. The van der Waals surface area contributed by atoms with Crippen molar-refractivity contribution < 1.29 is 14.3 Å². The van der Waals surface area contributed by atoms with Crippen molar-refractivity contribution in [2.24, 2.45) is 0 Å². The van der Waals surface area contributed by atoms with Gasteiger partial charge in [0.2, 0.25) is 12.7 Å². The zero-order valence-corrected chi connectivity index (χ0v) is 14.7. The zero-order chi connectivity index (χ0) is 18.1. The van der Waals surface area contributed by atoms with Crippen LogP contribution in [0.4, 0.5) is 5.69 Å². The van der Waals surface area contributed by atoms with Crippen LogP contribution in [0.5, 0.6) is 11.5 Å². The van der Waals surface area contributed by atoms with Crippen molar-refractivity contribution in [2.75, 3.05) is 12.1 Å². The van der Waals surface area contributed by atoms with Gasteiger partial charge in [-0.25, -0.2) is 4.68 Å². The molecule has 0 fully saturated rings. The summed E-state index contributed by atoms with van der Waals surface area (Å²) in [4.78, 5) is 12.5. The molecule has 132 valence electrons. The fourth-order valence-electron chi connectivity index (χ4n) is 3.09. The maximum absolute atomic E-state index is 12.5. The minimum atomic E-state index is -0.0947. The van der Waals surface area contributed by atoms with Crippen molar-refractivity contribution in [1.29, 1.82) is 0 Å². The molecule has 0 saturated heterocycles. The van der Waals surface area contributed by atoms with E-state index in [0.29, 0.717) is 17.2 Å². The van der Waals surface area contributed by atoms with Crippen molar-refractivity contribution >= 4 is 11.6 Å². The van der Waals surface area contributed by atoms with Gasteiger partial charge in [0.1, 0.15) is 0 Å². The van der Waals surface area contributed by atoms with Crippen LogP contribution in [0.2, 0.25) is 0 Å². The van der Waals surface area contributed by atoms with Gasteiger partial charge in [-0.3, -0.25) is 4.79 Å². The molecule has 1 N–H and O–H groups in total. The number of rotatable bonds is 4. The van der Waals surface area contributed by atoms with E-state index in [0.717, 1.165) is 22.6 Å². The Kier molecular flexibility index (Phi) is 4.08. The van der Waals surface area contributed by atoms with Crippen molar-refractivity contribution in [3.63, 3.8) is 0 Å². The van der Waals surface area contributed by atoms with E-state index in [1.807, 2.05) is 48.9 Å². The number of aryl methyl sites for hydroxylation is 1. The summed E-state index contributed by atoms with van der Waals surface area (Å²) in [6.07, 6.45) is 0.263. The van der Waals surface area contributed by atoms with Gasteiger partial charge >= 0.3 is 0 Å². The second-order valence-electron chi connectivity index (χ2n) is 6.19. The van der Waals surface area contributed by atoms with Crippen molar-refractivity contribution in [1.82, 2.24) is 9.78 Å². The third-order valence-corrected chi connectivity index (χ3v) is 4.44. The normalized spacial score (nSPS) is 12.2. The highest BCUT2D eigenvalue weighted by Gasteiger charge is 2.17. The lowest BCUT2D eigenvalue weighted by molar-refractivity contribution is -0.115. The number of anilines is 1. The fraction of sp³-hybridized carbons (Fsp3) is 0.200. The van der Waals surface area contributed by atoms with Crippen LogP contribution >= 0.6 is 0 Å². The van der Waals surface area contributed by atoms with Crippen LogP contribution in [-0.2, 0) is 11.2 Å². The second kappa shape index (κ2) is 6.55. The van der Waals surface area contributed by atoms with Crippen LogP contribution in [0.25, 0.3) is 5.69 Å². The fourth-order valence-corrected chi connectivity index (χ4v) is 3.09. The van der Waals surface area contributed by atoms with Crippen LogP contribution in [0.3, 0.4) is 0 Å². The van der Waals surface area contributed by atoms with Gasteiger partial charge in [0.05, 0.1) is 17.8 Å². The number of para-hydroxylation sites is 1. The van der Waals surface area contributed by atoms with Crippen molar-refractivity contribution in [3.05, 3.63) is 65.5 Å². The zero-order valence-electron chi connectivity index (χ0n) is 14.7. The number of carbonyl (C=O) groups is 1. The number of nitrogens with one attached hydrogen (secondary N) is 1. The number of ether oxygens (including phenoxy) is 2. The van der Waals surface area contributed by atoms with E-state index in [9.17, 15) is 4.79 Å². The summed E-state index contributed by atoms with van der Waals surface area (Å²) in [6.45, 7) is 4.12. The van der Waals surface area contributed by atoms with Crippen molar-refractivity contribution in [3.8, 4) is 17.2 Å². The lowest BCUT2D eigenvalue weighted by atomic mass is 10.1. The van der Waals surface area contributed by atoms with Gasteiger partial charge in [0.25, 0.3) is 0 Å². The monoisotopic (exact) mass is 349 g/mol. The Balaban J connectivity index is 1.52. The Hall–Kier alpha value is -3.28. The van der Waals surface area contributed by atoms with Gasteiger partial charge in [-0.2, -0.15) is 5.10 Å². The predicted octanol–water partition coefficient (Wildman–Crippen LogP) is 3.40. The molecule has 1 aromatic heterocycles. The average molecular weight is 349 g/mol. The minimum absolute atomic E-state index is 0.0947. The molecule has 26 heavy (non-hydrogen) atoms. The van der Waals surface area contributed by atoms with Crippen LogP contribution < -0.4 is 14.8 Å². The molecule has 1 amide bonds. The van der Waals surface area contributed by atoms with Gasteiger partial charge in [-0.15, -0.1) is 0 Å². The number of hydrogen-bond donors (Lipinski definition) is 1. The minimum Gasteiger partial charge on any atom is -0.454 e. The third kappa shape index (κ3) is 3.01. The Morgan fingerprint density at radius 1 is 1.12 bits per heavy atom. The largest absolute Gasteiger partial charge is 0.454 e. The summed E-state index contributed by atoms with van der Waals surface area (Å²) < 4.78 is 12.5. The molecular formula is C20H19N3O3. The van der Waals surface area contributed by atoms with Crippen LogP contribution in [0, 0.1) is 13.8 Å². The van der Waals surface area contributed by atoms with Crippen molar-refractivity contribution in [2.45, 2.75) is 20.3 Å². The molecule has 6 heteroatoms. The number of amides is 1. The summed E-state index contributed by atoms with van der Waals surface area (Å²) in [5.74, 6) is 1.24. The van der Waals surface area contributed by atoms with Crippen LogP contribution in [-0.4, -0.2) is 22.5 Å². The number of fused-ring (bicyclic) bond motifs is 1. The third-order valence-electron chi connectivity index (χ3n) is 4.44. The summed E-state index contributed by atoms with van der Waals surface area (Å²) in [5.41, 5.74) is 4.43. The molecule has 0 spiro atoms. The molecular weight excluding hydrogens is 330 g/mol. The number of nitrogens with zero attached hydrogens (tertiary/aromatic N) is 2. The van der Waals surface area contributed by atoms with E-state index in [2.05, 4.69) is 10.4 Å². The lowest BCUT2D eigenvalue weighted by Crippen LogP contribution is -2.15. The Labute approximate surface area is 151 Å². The lowest BCUT2D eigenvalue weighted by Gasteiger charge is -2.07. The first-order chi connectivity index (χ1) is 12.6. The second-order valence-corrected chi connectivity index (χ2v) is 6.19. The summed E-state index contributed by atoms with van der Waals surface area (Å²) in [7, 11) is 0. The molecule has 1 aliphatic heterocycles. The molecule has 0 bridgehead atoms. The highest BCUT2D eigenvalue weighted by molar-refractivity contribution is 5.93. The van der Waals surface area contributed by atoms with Gasteiger partial charge in [-0.05, 0) is 38.1 Å². The van der Waals surface area contributed by atoms with E-state index in [1.165, 1.54) is 0 Å². The van der Waals surface area contributed by atoms with Gasteiger partial charge in [0, 0.05) is 23.0 Å². The van der Waals surface area contributed by atoms with E-state index >= 15 is 0 Å². The number of benzene rings is 2. The number of aromatic nitrogens is 2. The Bertz CT molecular complexity index is 964. The molecule has 4 rings (SSSR count). The first-order valence-corrected chi connectivity index (χ1v) is 8.42. The molecule has 2 heterocycles. The quantitative estimate of drug-likeness (QED) is 0.784. The molecule has 1 aliphatic rings. The summed E-state index contributed by atoms with van der Waals surface area (Å²) in [6, 6.07) is 15.3.